The average molecular weight is 207 g/mol. The fourth-order valence-corrected chi connectivity index (χ4v) is 1.65. The van der Waals surface area contributed by atoms with Crippen molar-refractivity contribution in [3.63, 3.8) is 0 Å². The molecule has 1 aliphatic heterocycles. The Morgan fingerprint density at radius 1 is 1.13 bits per heavy atom. The molecule has 0 aliphatic carbocycles. The smallest absolute Gasteiger partial charge is 0.246 e. The van der Waals surface area contributed by atoms with Gasteiger partial charge in [-0.2, -0.15) is 0 Å². The number of anilines is 1. The van der Waals surface area contributed by atoms with E-state index in [1.165, 1.54) is 0 Å². The maximum Gasteiger partial charge on any atom is 0.246 e. The molecule has 2 rings (SSSR count). The Kier molecular flexibility index (Phi) is 2.25. The van der Waals surface area contributed by atoms with Crippen LogP contribution in [0.4, 0.5) is 5.69 Å². The van der Waals surface area contributed by atoms with Crippen LogP contribution in [0.5, 0.6) is 11.5 Å². The van der Waals surface area contributed by atoms with Crippen LogP contribution in [-0.4, -0.2) is 11.8 Å². The van der Waals surface area contributed by atoms with E-state index in [4.69, 9.17) is 9.47 Å². The summed E-state index contributed by atoms with van der Waals surface area (Å²) < 4.78 is 11.3. The molecular weight excluding hydrogens is 190 g/mol. The lowest BCUT2D eigenvalue weighted by atomic mass is 10.2. The zero-order chi connectivity index (χ0) is 11.1. The highest BCUT2D eigenvalue weighted by atomic mass is 16.7. The monoisotopic (exact) mass is 207 g/mol. The van der Waals surface area contributed by atoms with Gasteiger partial charge in [-0.25, -0.2) is 0 Å². The van der Waals surface area contributed by atoms with Gasteiger partial charge in [0.15, 0.2) is 11.5 Å². The second-order valence-electron chi connectivity index (χ2n) is 4.56. The van der Waals surface area contributed by atoms with Crippen LogP contribution >= 0.6 is 0 Å². The van der Waals surface area contributed by atoms with Gasteiger partial charge in [-0.3, -0.25) is 0 Å². The van der Waals surface area contributed by atoms with Crippen LogP contribution in [0.3, 0.4) is 0 Å². The summed E-state index contributed by atoms with van der Waals surface area (Å²) in [6.45, 7) is 8.02. The van der Waals surface area contributed by atoms with Crippen molar-refractivity contribution in [2.24, 2.45) is 0 Å². The highest BCUT2D eigenvalue weighted by Crippen LogP contribution is 2.40. The van der Waals surface area contributed by atoms with Crippen molar-refractivity contribution >= 4 is 5.69 Å². The summed E-state index contributed by atoms with van der Waals surface area (Å²) in [7, 11) is 0. The minimum atomic E-state index is -0.543. The van der Waals surface area contributed by atoms with Gasteiger partial charge >= 0.3 is 0 Å². The standard InChI is InChI=1S/C12H17NO2/c1-8(2)13-9-5-6-10-11(7-9)15-12(3,4)14-10/h5-8,13H,1-4H3. The molecule has 0 radical (unpaired) electrons. The van der Waals surface area contributed by atoms with E-state index in [0.717, 1.165) is 17.2 Å². The molecule has 1 aliphatic rings. The van der Waals surface area contributed by atoms with Crippen LogP contribution in [0.1, 0.15) is 27.7 Å². The molecule has 1 N–H and O–H groups in total. The SMILES string of the molecule is CC(C)Nc1ccc2c(c1)OC(C)(C)O2. The summed E-state index contributed by atoms with van der Waals surface area (Å²) >= 11 is 0. The first-order valence-corrected chi connectivity index (χ1v) is 5.25. The fraction of sp³-hybridized carbons (Fsp3) is 0.500. The van der Waals surface area contributed by atoms with Crippen LogP contribution in [0.2, 0.25) is 0 Å². The molecule has 0 saturated carbocycles. The van der Waals surface area contributed by atoms with Crippen molar-refractivity contribution in [2.45, 2.75) is 39.5 Å². The van der Waals surface area contributed by atoms with Gasteiger partial charge < -0.3 is 14.8 Å². The summed E-state index contributed by atoms with van der Waals surface area (Å²) in [4.78, 5) is 0. The molecule has 3 heteroatoms. The van der Waals surface area contributed by atoms with E-state index < -0.39 is 5.79 Å². The highest BCUT2D eigenvalue weighted by molar-refractivity contribution is 5.56. The summed E-state index contributed by atoms with van der Waals surface area (Å²) in [6, 6.07) is 6.33. The lowest BCUT2D eigenvalue weighted by Gasteiger charge is -2.16. The van der Waals surface area contributed by atoms with Crippen molar-refractivity contribution in [1.82, 2.24) is 0 Å². The molecule has 0 fully saturated rings. The number of hydrogen-bond acceptors (Lipinski definition) is 3. The van der Waals surface area contributed by atoms with E-state index in [-0.39, 0.29) is 0 Å². The highest BCUT2D eigenvalue weighted by Gasteiger charge is 2.31. The molecule has 1 aromatic rings. The van der Waals surface area contributed by atoms with Crippen molar-refractivity contribution in [2.75, 3.05) is 5.32 Å². The van der Waals surface area contributed by atoms with Crippen molar-refractivity contribution in [1.29, 1.82) is 0 Å². The Hall–Kier alpha value is -1.38. The minimum absolute atomic E-state index is 0.415. The van der Waals surface area contributed by atoms with Crippen molar-refractivity contribution in [3.05, 3.63) is 18.2 Å². The second-order valence-corrected chi connectivity index (χ2v) is 4.56. The molecule has 0 saturated heterocycles. The van der Waals surface area contributed by atoms with Gasteiger partial charge in [-0.15, -0.1) is 0 Å². The fourth-order valence-electron chi connectivity index (χ4n) is 1.65. The van der Waals surface area contributed by atoms with E-state index in [1.54, 1.807) is 0 Å². The third-order valence-corrected chi connectivity index (χ3v) is 2.11. The molecule has 0 aromatic heterocycles. The lowest BCUT2D eigenvalue weighted by molar-refractivity contribution is -0.0431. The second kappa shape index (κ2) is 3.33. The molecule has 0 bridgehead atoms. The van der Waals surface area contributed by atoms with Gasteiger partial charge in [-0.1, -0.05) is 0 Å². The molecule has 1 heterocycles. The van der Waals surface area contributed by atoms with Crippen molar-refractivity contribution in [3.8, 4) is 11.5 Å². The Bertz CT molecular complexity index is 372. The zero-order valence-corrected chi connectivity index (χ0v) is 9.63. The molecular formula is C12H17NO2. The third-order valence-electron chi connectivity index (χ3n) is 2.11. The van der Waals surface area contributed by atoms with Gasteiger partial charge in [0.2, 0.25) is 5.79 Å². The normalized spacial score (nSPS) is 16.9. The number of rotatable bonds is 2. The van der Waals surface area contributed by atoms with Gasteiger partial charge in [-0.05, 0) is 26.0 Å². The van der Waals surface area contributed by atoms with Gasteiger partial charge in [0.25, 0.3) is 0 Å². The number of nitrogens with one attached hydrogen (secondary N) is 1. The van der Waals surface area contributed by atoms with Crippen molar-refractivity contribution < 1.29 is 9.47 Å². The molecule has 15 heavy (non-hydrogen) atoms. The van der Waals surface area contributed by atoms with Crippen LogP contribution in [0.15, 0.2) is 18.2 Å². The molecule has 0 unspecified atom stereocenters. The first-order valence-electron chi connectivity index (χ1n) is 5.25. The largest absolute Gasteiger partial charge is 0.449 e. The van der Waals surface area contributed by atoms with Crippen LogP contribution in [0.25, 0.3) is 0 Å². The summed E-state index contributed by atoms with van der Waals surface area (Å²) in [5.41, 5.74) is 1.06. The molecule has 1 aromatic carbocycles. The van der Waals surface area contributed by atoms with Gasteiger partial charge in [0.05, 0.1) is 0 Å². The Morgan fingerprint density at radius 3 is 2.47 bits per heavy atom. The van der Waals surface area contributed by atoms with E-state index in [2.05, 4.69) is 19.2 Å². The Balaban J connectivity index is 2.23. The zero-order valence-electron chi connectivity index (χ0n) is 9.63. The average Bonchev–Trinajstić information content (AvgIpc) is 2.36. The van der Waals surface area contributed by atoms with Gasteiger partial charge in [0.1, 0.15) is 0 Å². The Labute approximate surface area is 90.4 Å². The summed E-state index contributed by atoms with van der Waals surface area (Å²) in [5.74, 6) is 1.08. The van der Waals surface area contributed by atoms with Gasteiger partial charge in [0, 0.05) is 31.6 Å². The van der Waals surface area contributed by atoms with E-state index in [0.29, 0.717) is 6.04 Å². The van der Waals surface area contributed by atoms with E-state index in [1.807, 2.05) is 32.0 Å². The van der Waals surface area contributed by atoms with E-state index in [9.17, 15) is 0 Å². The maximum atomic E-state index is 5.65. The molecule has 0 atom stereocenters. The first kappa shape index (κ1) is 10.1. The molecule has 3 nitrogen and oxygen atoms in total. The van der Waals surface area contributed by atoms with Crippen LogP contribution in [0, 0.1) is 0 Å². The van der Waals surface area contributed by atoms with Crippen LogP contribution < -0.4 is 14.8 Å². The predicted octanol–water partition coefficient (Wildman–Crippen LogP) is 3.01. The maximum absolute atomic E-state index is 5.65. The molecule has 0 spiro atoms. The number of fused-ring (bicyclic) bond motifs is 1. The topological polar surface area (TPSA) is 30.5 Å². The third kappa shape index (κ3) is 2.17. The number of ether oxygens (including phenoxy) is 2. The Morgan fingerprint density at radius 2 is 1.80 bits per heavy atom. The molecule has 0 amide bonds. The lowest BCUT2D eigenvalue weighted by Crippen LogP contribution is -2.29. The molecule has 82 valence electrons. The number of benzene rings is 1. The summed E-state index contributed by atoms with van der Waals surface area (Å²) in [5, 5.41) is 3.33. The predicted molar refractivity (Wildman–Crippen MR) is 60.5 cm³/mol. The quantitative estimate of drug-likeness (QED) is 0.808. The number of hydrogen-bond donors (Lipinski definition) is 1. The van der Waals surface area contributed by atoms with E-state index >= 15 is 0 Å². The van der Waals surface area contributed by atoms with Crippen LogP contribution in [-0.2, 0) is 0 Å². The first-order chi connectivity index (χ1) is 6.96. The summed E-state index contributed by atoms with van der Waals surface area (Å²) in [6.07, 6.45) is 0. The minimum Gasteiger partial charge on any atom is -0.449 e.